The molecule has 2 aliphatic rings. The minimum Gasteiger partial charge on any atom is -0.351 e. The molecule has 166 valence electrons. The smallest absolute Gasteiger partial charge is 0.264 e. The zero-order valence-corrected chi connectivity index (χ0v) is 20.3. The molecule has 0 saturated heterocycles. The molecule has 0 saturated carbocycles. The molecule has 0 bridgehead atoms. The van der Waals surface area contributed by atoms with E-state index in [0.717, 1.165) is 5.56 Å². The standard InChI is InChI=1S/C22H21BrN4O3S2/c1-15(16-6-3-2-4-7-16)13-24-22(28)18-10-9-17(23)12-19(18)26-32(29,30)21-8-5-11-27-20(21)14-25-31-27/h2-12,14-15,25-26H,13H2,1H3,(H,24,28). The SMILES string of the molecule is CC(CNC(=O)c1ccc(Br)cc1NS(=O)(=O)C1=CC=CN2SNC=C12)c1ccccc1. The predicted molar refractivity (Wildman–Crippen MR) is 132 cm³/mol. The highest BCUT2D eigenvalue weighted by Crippen LogP contribution is 2.34. The largest absolute Gasteiger partial charge is 0.351 e. The summed E-state index contributed by atoms with van der Waals surface area (Å²) in [6, 6.07) is 14.8. The molecule has 0 aliphatic carbocycles. The van der Waals surface area contributed by atoms with Gasteiger partial charge >= 0.3 is 0 Å². The summed E-state index contributed by atoms with van der Waals surface area (Å²) in [6.07, 6.45) is 6.57. The lowest BCUT2D eigenvalue weighted by molar-refractivity contribution is 0.0952. The number of sulfonamides is 1. The lowest BCUT2D eigenvalue weighted by atomic mass is 10.0. The molecule has 0 spiro atoms. The third-order valence-electron chi connectivity index (χ3n) is 5.00. The van der Waals surface area contributed by atoms with Crippen LogP contribution < -0.4 is 14.8 Å². The van der Waals surface area contributed by atoms with Crippen LogP contribution in [0.15, 0.2) is 88.2 Å². The Hall–Kier alpha value is -2.69. The Balaban J connectivity index is 1.54. The monoisotopic (exact) mass is 532 g/mol. The molecular formula is C22H21BrN4O3S2. The van der Waals surface area contributed by atoms with Gasteiger partial charge in [0.1, 0.15) is 4.91 Å². The number of hydrogen-bond acceptors (Lipinski definition) is 6. The van der Waals surface area contributed by atoms with Crippen LogP contribution in [0.2, 0.25) is 0 Å². The molecule has 0 fully saturated rings. The van der Waals surface area contributed by atoms with Gasteiger partial charge in [0.05, 0.1) is 29.1 Å². The van der Waals surface area contributed by atoms with Gasteiger partial charge in [-0.2, -0.15) is 0 Å². The van der Waals surface area contributed by atoms with E-state index in [1.807, 2.05) is 37.3 Å². The van der Waals surface area contributed by atoms with Gasteiger partial charge in [0.2, 0.25) is 0 Å². The Bertz CT molecular complexity index is 1230. The summed E-state index contributed by atoms with van der Waals surface area (Å²) in [5.41, 5.74) is 2.07. The number of nitrogens with one attached hydrogen (secondary N) is 3. The van der Waals surface area contributed by atoms with Gasteiger partial charge in [-0.05, 0) is 41.8 Å². The molecule has 7 nitrogen and oxygen atoms in total. The maximum Gasteiger partial charge on any atom is 0.264 e. The number of fused-ring (bicyclic) bond motifs is 1. The second-order valence-corrected chi connectivity index (χ2v) is 10.6. The lowest BCUT2D eigenvalue weighted by Gasteiger charge is -2.21. The normalized spacial score (nSPS) is 15.9. The van der Waals surface area contributed by atoms with Crippen LogP contribution in [0.5, 0.6) is 0 Å². The number of carbonyl (C=O) groups is 1. The maximum absolute atomic E-state index is 13.2. The fourth-order valence-electron chi connectivity index (χ4n) is 3.30. The molecule has 2 aromatic carbocycles. The summed E-state index contributed by atoms with van der Waals surface area (Å²) < 4.78 is 34.2. The summed E-state index contributed by atoms with van der Waals surface area (Å²) >= 11 is 4.63. The van der Waals surface area contributed by atoms with E-state index in [4.69, 9.17) is 0 Å². The van der Waals surface area contributed by atoms with Crippen molar-refractivity contribution in [2.75, 3.05) is 11.3 Å². The van der Waals surface area contributed by atoms with Gasteiger partial charge in [0.25, 0.3) is 15.9 Å². The first-order valence-electron chi connectivity index (χ1n) is 9.81. The van der Waals surface area contributed by atoms with Crippen LogP contribution >= 0.6 is 28.1 Å². The zero-order chi connectivity index (χ0) is 22.7. The Morgan fingerprint density at radius 2 is 2.00 bits per heavy atom. The third kappa shape index (κ3) is 4.87. The molecular weight excluding hydrogens is 512 g/mol. The van der Waals surface area contributed by atoms with Crippen LogP contribution in [0.25, 0.3) is 0 Å². The average molecular weight is 533 g/mol. The number of benzene rings is 2. The van der Waals surface area contributed by atoms with E-state index < -0.39 is 10.0 Å². The molecule has 3 N–H and O–H groups in total. The number of amides is 1. The van der Waals surface area contributed by atoms with Crippen LogP contribution in [0.4, 0.5) is 5.69 Å². The van der Waals surface area contributed by atoms with E-state index in [-0.39, 0.29) is 28.0 Å². The van der Waals surface area contributed by atoms with E-state index in [2.05, 4.69) is 30.7 Å². The first kappa shape index (κ1) is 22.5. The molecule has 2 aliphatic heterocycles. The molecule has 1 atom stereocenters. The number of rotatable bonds is 7. The van der Waals surface area contributed by atoms with Crippen molar-refractivity contribution in [3.8, 4) is 0 Å². The molecule has 2 heterocycles. The van der Waals surface area contributed by atoms with Crippen LogP contribution in [0, 0.1) is 0 Å². The first-order chi connectivity index (χ1) is 15.3. The van der Waals surface area contributed by atoms with Crippen molar-refractivity contribution < 1.29 is 13.2 Å². The highest BCUT2D eigenvalue weighted by Gasteiger charge is 2.30. The van der Waals surface area contributed by atoms with Gasteiger partial charge in [-0.1, -0.05) is 53.2 Å². The fraction of sp³-hybridized carbons (Fsp3) is 0.136. The van der Waals surface area contributed by atoms with Gasteiger partial charge in [-0.15, -0.1) is 0 Å². The van der Waals surface area contributed by atoms with Gasteiger partial charge in [0, 0.05) is 23.4 Å². The second-order valence-electron chi connectivity index (χ2n) is 7.25. The third-order valence-corrected chi connectivity index (χ3v) is 7.65. The molecule has 4 rings (SSSR count). The minimum absolute atomic E-state index is 0.111. The van der Waals surface area contributed by atoms with Gasteiger partial charge in [0.15, 0.2) is 0 Å². The molecule has 1 unspecified atom stereocenters. The van der Waals surface area contributed by atoms with Crippen LogP contribution in [0.3, 0.4) is 0 Å². The van der Waals surface area contributed by atoms with Gasteiger partial charge < -0.3 is 10.0 Å². The number of halogens is 1. The van der Waals surface area contributed by atoms with E-state index >= 15 is 0 Å². The fourth-order valence-corrected chi connectivity index (χ4v) is 5.64. The summed E-state index contributed by atoms with van der Waals surface area (Å²) in [5, 5.41) is 2.91. The van der Waals surface area contributed by atoms with Crippen molar-refractivity contribution >= 4 is 49.7 Å². The zero-order valence-electron chi connectivity index (χ0n) is 17.1. The molecule has 2 aromatic rings. The highest BCUT2D eigenvalue weighted by molar-refractivity contribution is 9.10. The summed E-state index contributed by atoms with van der Waals surface area (Å²) in [6.45, 7) is 2.45. The first-order valence-corrected chi connectivity index (χ1v) is 12.9. The Labute approximate surface area is 200 Å². The predicted octanol–water partition coefficient (Wildman–Crippen LogP) is 4.45. The van der Waals surface area contributed by atoms with Crippen molar-refractivity contribution in [1.29, 1.82) is 0 Å². The van der Waals surface area contributed by atoms with Crippen LogP contribution in [-0.4, -0.2) is 25.2 Å². The van der Waals surface area contributed by atoms with E-state index in [0.29, 0.717) is 16.7 Å². The number of hydrogen-bond donors (Lipinski definition) is 3. The Morgan fingerprint density at radius 1 is 1.22 bits per heavy atom. The topological polar surface area (TPSA) is 90.5 Å². The number of nitrogens with zero attached hydrogens (tertiary/aromatic N) is 1. The van der Waals surface area contributed by atoms with E-state index in [9.17, 15) is 13.2 Å². The van der Waals surface area contributed by atoms with E-state index in [1.54, 1.807) is 41.0 Å². The van der Waals surface area contributed by atoms with Crippen LogP contribution in [-0.2, 0) is 10.0 Å². The van der Waals surface area contributed by atoms with Crippen molar-refractivity contribution in [2.24, 2.45) is 0 Å². The Morgan fingerprint density at radius 3 is 2.78 bits per heavy atom. The molecule has 32 heavy (non-hydrogen) atoms. The van der Waals surface area contributed by atoms with Crippen molar-refractivity contribution in [1.82, 2.24) is 14.3 Å². The minimum atomic E-state index is -3.94. The number of allylic oxidation sites excluding steroid dienone is 2. The Kier molecular flexibility index (Phi) is 6.63. The summed E-state index contributed by atoms with van der Waals surface area (Å²) in [5.74, 6) is -0.241. The van der Waals surface area contributed by atoms with Crippen LogP contribution in [0.1, 0.15) is 28.8 Å². The lowest BCUT2D eigenvalue weighted by Crippen LogP contribution is -2.29. The highest BCUT2D eigenvalue weighted by atomic mass is 79.9. The number of carbonyl (C=O) groups excluding carboxylic acids is 1. The average Bonchev–Trinajstić information content (AvgIpc) is 3.26. The quantitative estimate of drug-likeness (QED) is 0.456. The van der Waals surface area contributed by atoms with Crippen molar-refractivity contribution in [3.63, 3.8) is 0 Å². The van der Waals surface area contributed by atoms with Crippen molar-refractivity contribution in [2.45, 2.75) is 12.8 Å². The molecule has 10 heteroatoms. The van der Waals surface area contributed by atoms with Gasteiger partial charge in [-0.25, -0.2) is 8.42 Å². The summed E-state index contributed by atoms with van der Waals surface area (Å²) in [4.78, 5) is 13.0. The second kappa shape index (κ2) is 9.43. The maximum atomic E-state index is 13.2. The number of anilines is 1. The molecule has 0 radical (unpaired) electrons. The van der Waals surface area contributed by atoms with E-state index in [1.165, 1.54) is 18.2 Å². The van der Waals surface area contributed by atoms with Crippen molar-refractivity contribution in [3.05, 3.63) is 99.3 Å². The molecule has 0 aromatic heterocycles. The summed E-state index contributed by atoms with van der Waals surface area (Å²) in [7, 11) is -3.94. The molecule has 1 amide bonds. The van der Waals surface area contributed by atoms with Gasteiger partial charge in [-0.3, -0.25) is 13.8 Å².